The predicted molar refractivity (Wildman–Crippen MR) is 109 cm³/mol. The highest BCUT2D eigenvalue weighted by Crippen LogP contribution is 2.25. The highest BCUT2D eigenvalue weighted by atomic mass is 32.2. The predicted octanol–water partition coefficient (Wildman–Crippen LogP) is -0.295. The Kier molecular flexibility index (Phi) is 11.3. The summed E-state index contributed by atoms with van der Waals surface area (Å²) in [6.07, 6.45) is -0.475. The summed E-state index contributed by atoms with van der Waals surface area (Å²) in [4.78, 5) is 59.6. The van der Waals surface area contributed by atoms with Gasteiger partial charge < -0.3 is 10.1 Å². The van der Waals surface area contributed by atoms with E-state index in [1.54, 1.807) is 0 Å². The maximum Gasteiger partial charge on any atom is 0.516 e. The standard InChI is InChI=1S/C17H24F3N3O8S2/c1-21-14(26)10-32-12-9-15(27)23(16(12)28)6-4-11(24)3-2-7-31-8-5-13(25)22-33(29,30)17(18,19)20/h12H,2-10H2,1H3,(H,21,26)(H,22,25). The number of hydrogen-bond donors (Lipinski definition) is 2. The van der Waals surface area contributed by atoms with E-state index in [1.165, 1.54) is 7.05 Å². The van der Waals surface area contributed by atoms with Crippen LogP contribution in [0.2, 0.25) is 0 Å². The van der Waals surface area contributed by atoms with Crippen molar-refractivity contribution in [3.8, 4) is 0 Å². The second-order valence-electron chi connectivity index (χ2n) is 6.79. The number of Topliss-reactive ketones (excluding diaryl/α,β-unsaturated/α-hetero) is 1. The molecule has 33 heavy (non-hydrogen) atoms. The van der Waals surface area contributed by atoms with Crippen molar-refractivity contribution in [2.24, 2.45) is 0 Å². The van der Waals surface area contributed by atoms with Crippen LogP contribution in [0.5, 0.6) is 0 Å². The summed E-state index contributed by atoms with van der Waals surface area (Å²) in [5.74, 6) is -2.74. The van der Waals surface area contributed by atoms with Crippen molar-refractivity contribution in [1.82, 2.24) is 14.9 Å². The molecule has 0 aromatic heterocycles. The minimum absolute atomic E-state index is 0.00910. The Morgan fingerprint density at radius 2 is 1.79 bits per heavy atom. The number of ether oxygens (including phenoxy) is 1. The van der Waals surface area contributed by atoms with Crippen LogP contribution in [0.4, 0.5) is 13.2 Å². The normalized spacial score (nSPS) is 16.7. The third-order valence-electron chi connectivity index (χ3n) is 4.28. The van der Waals surface area contributed by atoms with Crippen LogP contribution in [0, 0.1) is 0 Å². The molecule has 1 fully saturated rings. The first-order valence-corrected chi connectivity index (χ1v) is 12.2. The van der Waals surface area contributed by atoms with Crippen molar-refractivity contribution >= 4 is 51.2 Å². The molecule has 188 valence electrons. The molecular weight excluding hydrogens is 495 g/mol. The van der Waals surface area contributed by atoms with Crippen molar-refractivity contribution in [3.63, 3.8) is 0 Å². The zero-order valence-corrected chi connectivity index (χ0v) is 19.2. The molecule has 16 heteroatoms. The number of imide groups is 1. The number of carbonyl (C=O) groups is 5. The molecule has 0 aliphatic carbocycles. The number of sulfonamides is 1. The molecule has 1 saturated heterocycles. The van der Waals surface area contributed by atoms with Gasteiger partial charge in [0.15, 0.2) is 0 Å². The first kappa shape index (κ1) is 28.8. The van der Waals surface area contributed by atoms with Crippen molar-refractivity contribution in [2.45, 2.75) is 42.9 Å². The van der Waals surface area contributed by atoms with E-state index in [2.05, 4.69) is 5.32 Å². The van der Waals surface area contributed by atoms with E-state index in [9.17, 15) is 45.6 Å². The first-order chi connectivity index (χ1) is 15.3. The Bertz CT molecular complexity index is 864. The number of carbonyl (C=O) groups excluding carboxylic acids is 5. The smallest absolute Gasteiger partial charge is 0.381 e. The van der Waals surface area contributed by atoms with Crippen molar-refractivity contribution < 1.29 is 50.3 Å². The Labute approximate surface area is 192 Å². The first-order valence-electron chi connectivity index (χ1n) is 9.66. The SMILES string of the molecule is CNC(=O)CSC1CC(=O)N(CCC(=O)CCCOCCC(=O)NS(=O)(=O)C(F)(F)F)C1=O. The molecule has 2 N–H and O–H groups in total. The van der Waals surface area contributed by atoms with Crippen LogP contribution < -0.4 is 10.0 Å². The molecule has 0 spiro atoms. The van der Waals surface area contributed by atoms with Gasteiger partial charge in [-0.15, -0.1) is 11.8 Å². The Morgan fingerprint density at radius 1 is 1.12 bits per heavy atom. The van der Waals surface area contributed by atoms with Gasteiger partial charge in [-0.1, -0.05) is 0 Å². The van der Waals surface area contributed by atoms with Crippen LogP contribution in [-0.4, -0.2) is 86.0 Å². The number of hydrogen-bond acceptors (Lipinski definition) is 9. The molecule has 1 aliphatic rings. The fourth-order valence-corrected chi connectivity index (χ4v) is 4.07. The molecule has 1 unspecified atom stereocenters. The fraction of sp³-hybridized carbons (Fsp3) is 0.706. The second-order valence-corrected chi connectivity index (χ2v) is 9.65. The van der Waals surface area contributed by atoms with Gasteiger partial charge in [-0.2, -0.15) is 21.6 Å². The van der Waals surface area contributed by atoms with Crippen molar-refractivity contribution in [3.05, 3.63) is 0 Å². The Morgan fingerprint density at radius 3 is 2.39 bits per heavy atom. The molecule has 0 aromatic rings. The van der Waals surface area contributed by atoms with Gasteiger partial charge in [-0.25, -0.2) is 4.72 Å². The summed E-state index contributed by atoms with van der Waals surface area (Å²) in [6, 6.07) is 0. The quantitative estimate of drug-likeness (QED) is 0.232. The largest absolute Gasteiger partial charge is 0.516 e. The Hall–Kier alpha value is -2.20. The molecule has 4 amide bonds. The highest BCUT2D eigenvalue weighted by molar-refractivity contribution is 8.01. The van der Waals surface area contributed by atoms with E-state index >= 15 is 0 Å². The summed E-state index contributed by atoms with van der Waals surface area (Å²) < 4.78 is 63.8. The number of ketones is 1. The van der Waals surface area contributed by atoms with Gasteiger partial charge in [-0.05, 0) is 6.42 Å². The zero-order valence-electron chi connectivity index (χ0n) is 17.6. The summed E-state index contributed by atoms with van der Waals surface area (Å²) in [7, 11) is -4.31. The summed E-state index contributed by atoms with van der Waals surface area (Å²) in [5, 5.41) is 1.74. The van der Waals surface area contributed by atoms with Gasteiger partial charge in [0.2, 0.25) is 23.6 Å². The molecular formula is C17H24F3N3O8S2. The van der Waals surface area contributed by atoms with E-state index in [1.807, 2.05) is 0 Å². The molecule has 0 radical (unpaired) electrons. The molecule has 11 nitrogen and oxygen atoms in total. The average molecular weight is 520 g/mol. The van der Waals surface area contributed by atoms with Gasteiger partial charge >= 0.3 is 15.5 Å². The fourth-order valence-electron chi connectivity index (χ4n) is 2.52. The van der Waals surface area contributed by atoms with Gasteiger partial charge in [0, 0.05) is 39.5 Å². The maximum absolute atomic E-state index is 12.2. The van der Waals surface area contributed by atoms with Crippen molar-refractivity contribution in [1.29, 1.82) is 0 Å². The van der Waals surface area contributed by atoms with Gasteiger partial charge in [0.25, 0.3) is 0 Å². The lowest BCUT2D eigenvalue weighted by Crippen LogP contribution is -2.40. The third kappa shape index (κ3) is 9.67. The number of rotatable bonds is 14. The van der Waals surface area contributed by atoms with Crippen LogP contribution in [0.15, 0.2) is 0 Å². The molecule has 1 atom stereocenters. The highest BCUT2D eigenvalue weighted by Gasteiger charge is 2.46. The third-order valence-corrected chi connectivity index (χ3v) is 6.59. The van der Waals surface area contributed by atoms with Gasteiger partial charge in [0.05, 0.1) is 24.0 Å². The summed E-state index contributed by atoms with van der Waals surface area (Å²) in [5.41, 5.74) is -5.60. The number of halogens is 3. The van der Waals surface area contributed by atoms with Crippen LogP contribution >= 0.6 is 11.8 Å². The van der Waals surface area contributed by atoms with E-state index < -0.39 is 44.9 Å². The maximum atomic E-state index is 12.2. The Balaban J connectivity index is 2.21. The van der Waals surface area contributed by atoms with Crippen LogP contribution in [0.25, 0.3) is 0 Å². The number of nitrogens with zero attached hydrogens (tertiary/aromatic N) is 1. The van der Waals surface area contributed by atoms with Crippen LogP contribution in [-0.2, 0) is 38.7 Å². The van der Waals surface area contributed by atoms with Gasteiger partial charge in [0.1, 0.15) is 5.78 Å². The molecule has 1 aliphatic heterocycles. The van der Waals surface area contributed by atoms with E-state index in [0.717, 1.165) is 21.4 Å². The van der Waals surface area contributed by atoms with Gasteiger partial charge in [-0.3, -0.25) is 28.9 Å². The lowest BCUT2D eigenvalue weighted by atomic mass is 10.1. The second kappa shape index (κ2) is 12.9. The zero-order chi connectivity index (χ0) is 25.2. The average Bonchev–Trinajstić information content (AvgIpc) is 2.98. The van der Waals surface area contributed by atoms with E-state index in [-0.39, 0.29) is 62.9 Å². The lowest BCUT2D eigenvalue weighted by Gasteiger charge is -2.14. The van der Waals surface area contributed by atoms with Crippen molar-refractivity contribution in [2.75, 3.05) is 32.6 Å². The van der Waals surface area contributed by atoms with E-state index in [0.29, 0.717) is 0 Å². The van der Waals surface area contributed by atoms with E-state index in [4.69, 9.17) is 4.74 Å². The molecule has 1 rings (SSSR count). The molecule has 0 bridgehead atoms. The van der Waals surface area contributed by atoms with Crippen LogP contribution in [0.1, 0.15) is 32.1 Å². The topological polar surface area (TPSA) is 156 Å². The summed E-state index contributed by atoms with van der Waals surface area (Å²) >= 11 is 1.05. The minimum Gasteiger partial charge on any atom is -0.381 e. The number of thioether (sulfide) groups is 1. The number of nitrogens with one attached hydrogen (secondary N) is 2. The molecule has 0 aromatic carbocycles. The molecule has 0 saturated carbocycles. The van der Waals surface area contributed by atoms with Crippen LogP contribution in [0.3, 0.4) is 0 Å². The minimum atomic E-state index is -5.76. The number of amides is 4. The lowest BCUT2D eigenvalue weighted by molar-refractivity contribution is -0.138. The number of alkyl halides is 3. The molecule has 1 heterocycles. The number of likely N-dealkylation sites (tertiary alicyclic amines) is 1. The monoisotopic (exact) mass is 519 g/mol. The summed E-state index contributed by atoms with van der Waals surface area (Å²) in [6.45, 7) is -0.438.